The van der Waals surface area contributed by atoms with E-state index in [0.29, 0.717) is 17.8 Å². The monoisotopic (exact) mass is 337 g/mol. The lowest BCUT2D eigenvalue weighted by Crippen LogP contribution is -2.20. The second kappa shape index (κ2) is 6.37. The van der Waals surface area contributed by atoms with Crippen LogP contribution in [0.15, 0.2) is 46.9 Å². The maximum absolute atomic E-state index is 14.1. The first-order chi connectivity index (χ1) is 9.50. The topological polar surface area (TPSA) is 23.5 Å². The summed E-state index contributed by atoms with van der Waals surface area (Å²) >= 11 is 3.49. The summed E-state index contributed by atoms with van der Waals surface area (Å²) in [5, 5.41) is 9.80. The molecule has 0 amide bonds. The van der Waals surface area contributed by atoms with Crippen LogP contribution in [0.3, 0.4) is 0 Å². The Morgan fingerprint density at radius 2 is 1.90 bits per heavy atom. The van der Waals surface area contributed by atoms with E-state index in [-0.39, 0.29) is 5.82 Å². The summed E-state index contributed by atoms with van der Waals surface area (Å²) in [6, 6.07) is 12.6. The molecule has 2 aromatic rings. The minimum absolute atomic E-state index is 0.321. The van der Waals surface area contributed by atoms with Crippen molar-refractivity contribution in [1.29, 1.82) is 0 Å². The number of halogens is 2. The first-order valence-electron chi connectivity index (χ1n) is 6.41. The molecule has 20 heavy (non-hydrogen) atoms. The Labute approximate surface area is 127 Å². The third kappa shape index (κ3) is 3.19. The number of benzene rings is 2. The first kappa shape index (κ1) is 15.0. The van der Waals surface area contributed by atoms with E-state index in [4.69, 9.17) is 0 Å². The summed E-state index contributed by atoms with van der Waals surface area (Å²) in [6.45, 7) is 2.20. The van der Waals surface area contributed by atoms with Crippen LogP contribution in [-0.4, -0.2) is 12.2 Å². The van der Waals surface area contributed by atoms with E-state index in [0.717, 1.165) is 10.0 Å². The van der Waals surface area contributed by atoms with E-state index in [1.165, 1.54) is 6.07 Å². The van der Waals surface area contributed by atoms with Crippen LogP contribution in [0.25, 0.3) is 0 Å². The van der Waals surface area contributed by atoms with Gasteiger partial charge in [-0.2, -0.15) is 0 Å². The predicted octanol–water partition coefficient (Wildman–Crippen LogP) is 4.28. The van der Waals surface area contributed by atoms with Crippen molar-refractivity contribution in [3.63, 3.8) is 0 Å². The van der Waals surface area contributed by atoms with Gasteiger partial charge < -0.3 is 10.0 Å². The van der Waals surface area contributed by atoms with Gasteiger partial charge in [0.2, 0.25) is 0 Å². The molecule has 0 fully saturated rings. The lowest BCUT2D eigenvalue weighted by atomic mass is 10.1. The second-order valence-corrected chi connectivity index (χ2v) is 5.66. The third-order valence-corrected chi connectivity index (χ3v) is 3.99. The minimum atomic E-state index is -0.706. The molecule has 0 spiro atoms. The third-order valence-electron chi connectivity index (χ3n) is 3.22. The number of para-hydroxylation sites is 1. The van der Waals surface area contributed by atoms with Crippen molar-refractivity contribution >= 4 is 21.6 Å². The molecule has 0 aliphatic rings. The summed E-state index contributed by atoms with van der Waals surface area (Å²) in [4.78, 5) is 1.82. The standard InChI is InChI=1S/C16H17BrFNO/c1-11(20)13-7-5-9-15(18)16(13)19(2)10-12-6-3-4-8-14(12)17/h3-9,11,20H,10H2,1-2H3/t11-/m1/s1. The van der Waals surface area contributed by atoms with E-state index in [9.17, 15) is 9.50 Å². The molecule has 4 heteroatoms. The Morgan fingerprint density at radius 1 is 1.20 bits per heavy atom. The van der Waals surface area contributed by atoms with Gasteiger partial charge in [-0.3, -0.25) is 0 Å². The van der Waals surface area contributed by atoms with Gasteiger partial charge in [-0.25, -0.2) is 4.39 Å². The van der Waals surface area contributed by atoms with E-state index >= 15 is 0 Å². The number of aliphatic hydroxyl groups is 1. The predicted molar refractivity (Wildman–Crippen MR) is 83.3 cm³/mol. The van der Waals surface area contributed by atoms with Crippen LogP contribution in [0.5, 0.6) is 0 Å². The van der Waals surface area contributed by atoms with E-state index in [1.807, 2.05) is 36.2 Å². The largest absolute Gasteiger partial charge is 0.389 e. The highest BCUT2D eigenvalue weighted by atomic mass is 79.9. The molecular formula is C16H17BrFNO. The summed E-state index contributed by atoms with van der Waals surface area (Å²) in [5.41, 5.74) is 2.10. The van der Waals surface area contributed by atoms with Gasteiger partial charge in [0.25, 0.3) is 0 Å². The van der Waals surface area contributed by atoms with Crippen LogP contribution in [0.2, 0.25) is 0 Å². The molecule has 0 saturated heterocycles. The Bertz CT molecular complexity index is 601. The smallest absolute Gasteiger partial charge is 0.146 e. The maximum Gasteiger partial charge on any atom is 0.146 e. The van der Waals surface area contributed by atoms with Crippen LogP contribution in [0.1, 0.15) is 24.2 Å². The number of rotatable bonds is 4. The Hall–Kier alpha value is -1.39. The number of hydrogen-bond donors (Lipinski definition) is 1. The average Bonchev–Trinajstić information content (AvgIpc) is 2.40. The quantitative estimate of drug-likeness (QED) is 0.900. The fourth-order valence-corrected chi connectivity index (χ4v) is 2.64. The van der Waals surface area contributed by atoms with Gasteiger partial charge in [-0.05, 0) is 24.6 Å². The van der Waals surface area contributed by atoms with Gasteiger partial charge in [0.05, 0.1) is 11.8 Å². The van der Waals surface area contributed by atoms with Crippen LogP contribution in [0.4, 0.5) is 10.1 Å². The first-order valence-corrected chi connectivity index (χ1v) is 7.21. The lowest BCUT2D eigenvalue weighted by molar-refractivity contribution is 0.199. The van der Waals surface area contributed by atoms with E-state index in [1.54, 1.807) is 19.1 Å². The second-order valence-electron chi connectivity index (χ2n) is 4.80. The zero-order valence-corrected chi connectivity index (χ0v) is 13.1. The summed E-state index contributed by atoms with van der Waals surface area (Å²) in [6.07, 6.45) is -0.706. The number of aliphatic hydroxyl groups excluding tert-OH is 1. The molecule has 0 bridgehead atoms. The zero-order valence-electron chi connectivity index (χ0n) is 11.5. The molecule has 2 nitrogen and oxygen atoms in total. The molecule has 0 saturated carbocycles. The van der Waals surface area contributed by atoms with E-state index < -0.39 is 6.10 Å². The van der Waals surface area contributed by atoms with Gasteiger partial charge in [-0.1, -0.05) is 46.3 Å². The van der Waals surface area contributed by atoms with Gasteiger partial charge in [0.1, 0.15) is 5.82 Å². The van der Waals surface area contributed by atoms with E-state index in [2.05, 4.69) is 15.9 Å². The summed E-state index contributed by atoms with van der Waals surface area (Å²) < 4.78 is 15.1. The van der Waals surface area contributed by atoms with Crippen molar-refractivity contribution in [2.45, 2.75) is 19.6 Å². The van der Waals surface area contributed by atoms with Crippen molar-refractivity contribution in [1.82, 2.24) is 0 Å². The molecule has 106 valence electrons. The van der Waals surface area contributed by atoms with Crippen molar-refractivity contribution < 1.29 is 9.50 Å². The fraction of sp³-hybridized carbons (Fsp3) is 0.250. The van der Waals surface area contributed by atoms with Crippen LogP contribution < -0.4 is 4.90 Å². The number of hydrogen-bond acceptors (Lipinski definition) is 2. The molecule has 1 atom stereocenters. The highest BCUT2D eigenvalue weighted by Gasteiger charge is 2.16. The molecule has 2 rings (SSSR count). The highest BCUT2D eigenvalue weighted by molar-refractivity contribution is 9.10. The molecule has 0 aliphatic carbocycles. The fourth-order valence-electron chi connectivity index (χ4n) is 2.23. The normalized spacial score (nSPS) is 12.2. The maximum atomic E-state index is 14.1. The Morgan fingerprint density at radius 3 is 2.55 bits per heavy atom. The number of anilines is 1. The summed E-state index contributed by atoms with van der Waals surface area (Å²) in [7, 11) is 1.82. The lowest BCUT2D eigenvalue weighted by Gasteiger charge is -2.24. The Balaban J connectivity index is 2.34. The molecule has 0 aromatic heterocycles. The molecule has 0 heterocycles. The van der Waals surface area contributed by atoms with Crippen molar-refractivity contribution in [3.05, 3.63) is 63.9 Å². The molecule has 2 aromatic carbocycles. The molecule has 0 aliphatic heterocycles. The van der Waals surface area contributed by atoms with Gasteiger partial charge >= 0.3 is 0 Å². The molecule has 0 radical (unpaired) electrons. The highest BCUT2D eigenvalue weighted by Crippen LogP contribution is 2.30. The van der Waals surface area contributed by atoms with Gasteiger partial charge in [0.15, 0.2) is 0 Å². The Kier molecular flexibility index (Phi) is 4.78. The molecule has 0 unspecified atom stereocenters. The average molecular weight is 338 g/mol. The van der Waals surface area contributed by atoms with Crippen LogP contribution in [0, 0.1) is 5.82 Å². The molecular weight excluding hydrogens is 321 g/mol. The summed E-state index contributed by atoms with van der Waals surface area (Å²) in [5.74, 6) is -0.321. The van der Waals surface area contributed by atoms with Crippen molar-refractivity contribution in [3.8, 4) is 0 Å². The van der Waals surface area contributed by atoms with Gasteiger partial charge in [-0.15, -0.1) is 0 Å². The van der Waals surface area contributed by atoms with Crippen LogP contribution in [-0.2, 0) is 6.54 Å². The van der Waals surface area contributed by atoms with Gasteiger partial charge in [0, 0.05) is 23.6 Å². The minimum Gasteiger partial charge on any atom is -0.389 e. The van der Waals surface area contributed by atoms with Crippen molar-refractivity contribution in [2.75, 3.05) is 11.9 Å². The van der Waals surface area contributed by atoms with Crippen molar-refractivity contribution in [2.24, 2.45) is 0 Å². The number of nitrogens with zero attached hydrogens (tertiary/aromatic N) is 1. The molecule has 1 N–H and O–H groups in total. The van der Waals surface area contributed by atoms with Crippen LogP contribution >= 0.6 is 15.9 Å². The zero-order chi connectivity index (χ0) is 14.7. The SMILES string of the molecule is C[C@@H](O)c1cccc(F)c1N(C)Cc1ccccc1Br.